The molecule has 0 aliphatic carbocycles. The molecule has 4 rings (SSSR count). The van der Waals surface area contributed by atoms with E-state index in [4.69, 9.17) is 9.26 Å². The number of rotatable bonds is 6. The number of nitrogens with one attached hydrogen (secondary N) is 1. The maximum absolute atomic E-state index is 13.8. The Labute approximate surface area is 176 Å². The van der Waals surface area contributed by atoms with E-state index in [-0.39, 0.29) is 23.3 Å². The molecule has 0 saturated carbocycles. The number of hydrogen-bond donors (Lipinski definition) is 1. The molecule has 0 spiro atoms. The first-order valence-electron chi connectivity index (χ1n) is 9.42. The van der Waals surface area contributed by atoms with Crippen molar-refractivity contribution in [3.63, 3.8) is 0 Å². The highest BCUT2D eigenvalue weighted by molar-refractivity contribution is 5.97. The minimum absolute atomic E-state index is 0.0146. The van der Waals surface area contributed by atoms with Crippen molar-refractivity contribution in [2.75, 3.05) is 5.32 Å². The average Bonchev–Trinajstić information content (AvgIpc) is 3.26. The molecular weight excluding hydrogens is 404 g/mol. The Bertz CT molecular complexity index is 1210. The normalized spacial score (nSPS) is 11.7. The van der Waals surface area contributed by atoms with Crippen molar-refractivity contribution in [1.82, 2.24) is 10.1 Å². The van der Waals surface area contributed by atoms with Crippen LogP contribution in [0, 0.1) is 11.6 Å². The zero-order valence-electron chi connectivity index (χ0n) is 16.4. The van der Waals surface area contributed by atoms with Gasteiger partial charge in [-0.1, -0.05) is 29.4 Å². The van der Waals surface area contributed by atoms with Crippen LogP contribution in [0.25, 0.3) is 22.8 Å². The van der Waals surface area contributed by atoms with Crippen LogP contribution in [-0.2, 0) is 4.79 Å². The number of carbonyl (C=O) groups is 1. The van der Waals surface area contributed by atoms with E-state index in [1.54, 1.807) is 42.5 Å². The molecule has 3 aromatic carbocycles. The number of hydrogen-bond acceptors (Lipinski definition) is 5. The van der Waals surface area contributed by atoms with Crippen molar-refractivity contribution < 1.29 is 22.8 Å². The van der Waals surface area contributed by atoms with Crippen LogP contribution in [0.1, 0.15) is 6.92 Å². The molecule has 1 heterocycles. The predicted octanol–water partition coefficient (Wildman–Crippen LogP) is 5.09. The molecule has 1 atom stereocenters. The predicted molar refractivity (Wildman–Crippen MR) is 110 cm³/mol. The van der Waals surface area contributed by atoms with Gasteiger partial charge in [0.15, 0.2) is 17.7 Å². The minimum Gasteiger partial charge on any atom is -0.478 e. The van der Waals surface area contributed by atoms with Crippen LogP contribution in [0.3, 0.4) is 0 Å². The second kappa shape index (κ2) is 8.74. The molecule has 6 nitrogen and oxygen atoms in total. The van der Waals surface area contributed by atoms with Crippen LogP contribution >= 0.6 is 0 Å². The Balaban J connectivity index is 1.53. The van der Waals surface area contributed by atoms with Crippen molar-refractivity contribution in [2.24, 2.45) is 0 Å². The lowest BCUT2D eigenvalue weighted by Crippen LogP contribution is -2.30. The summed E-state index contributed by atoms with van der Waals surface area (Å²) >= 11 is 0. The van der Waals surface area contributed by atoms with Gasteiger partial charge in [-0.2, -0.15) is 4.98 Å². The van der Waals surface area contributed by atoms with Gasteiger partial charge in [0.05, 0.1) is 11.3 Å². The molecule has 0 radical (unpaired) electrons. The highest BCUT2D eigenvalue weighted by Gasteiger charge is 2.20. The highest BCUT2D eigenvalue weighted by atomic mass is 19.1. The van der Waals surface area contributed by atoms with Crippen molar-refractivity contribution in [1.29, 1.82) is 0 Å². The molecule has 0 aliphatic rings. The molecule has 8 heteroatoms. The van der Waals surface area contributed by atoms with Gasteiger partial charge >= 0.3 is 0 Å². The van der Waals surface area contributed by atoms with Crippen molar-refractivity contribution in [3.05, 3.63) is 84.4 Å². The van der Waals surface area contributed by atoms with Gasteiger partial charge in [-0.25, -0.2) is 8.78 Å². The van der Waals surface area contributed by atoms with Gasteiger partial charge in [0.2, 0.25) is 5.82 Å². The summed E-state index contributed by atoms with van der Waals surface area (Å²) in [4.78, 5) is 16.9. The van der Waals surface area contributed by atoms with E-state index in [0.717, 1.165) is 0 Å². The summed E-state index contributed by atoms with van der Waals surface area (Å²) in [5.41, 5.74) is 1.51. The number of anilines is 1. The molecule has 0 saturated heterocycles. The van der Waals surface area contributed by atoms with Crippen molar-refractivity contribution in [3.8, 4) is 28.6 Å². The molecular formula is C23H17F2N3O3. The maximum atomic E-state index is 13.8. The number of benzene rings is 3. The molecule has 0 fully saturated rings. The number of aromatic nitrogens is 2. The number of amides is 1. The van der Waals surface area contributed by atoms with Crippen LogP contribution in [0.5, 0.6) is 5.75 Å². The molecule has 0 aliphatic heterocycles. The summed E-state index contributed by atoms with van der Waals surface area (Å²) in [6.07, 6.45) is -0.956. The van der Waals surface area contributed by atoms with E-state index in [2.05, 4.69) is 15.5 Å². The fourth-order valence-electron chi connectivity index (χ4n) is 2.85. The fourth-order valence-corrected chi connectivity index (χ4v) is 2.85. The Hall–Kier alpha value is -4.07. The number of nitrogens with zero attached hydrogens (tertiary/aromatic N) is 2. The summed E-state index contributed by atoms with van der Waals surface area (Å²) in [5.74, 6) is -0.951. The lowest BCUT2D eigenvalue weighted by molar-refractivity contribution is -0.122. The lowest BCUT2D eigenvalue weighted by Gasteiger charge is -2.16. The van der Waals surface area contributed by atoms with Gasteiger partial charge in [-0.3, -0.25) is 4.79 Å². The Kier molecular flexibility index (Phi) is 5.70. The topological polar surface area (TPSA) is 77.2 Å². The van der Waals surface area contributed by atoms with E-state index in [0.29, 0.717) is 16.8 Å². The van der Waals surface area contributed by atoms with Gasteiger partial charge in [-0.15, -0.1) is 0 Å². The van der Waals surface area contributed by atoms with E-state index >= 15 is 0 Å². The average molecular weight is 421 g/mol. The Morgan fingerprint density at radius 2 is 1.71 bits per heavy atom. The first-order valence-corrected chi connectivity index (χ1v) is 9.42. The Morgan fingerprint density at radius 3 is 2.48 bits per heavy atom. The van der Waals surface area contributed by atoms with Crippen LogP contribution < -0.4 is 10.1 Å². The zero-order valence-corrected chi connectivity index (χ0v) is 16.4. The summed E-state index contributed by atoms with van der Waals surface area (Å²) in [5, 5.41) is 6.67. The smallest absolute Gasteiger partial charge is 0.265 e. The lowest BCUT2D eigenvalue weighted by atomic mass is 10.1. The first kappa shape index (κ1) is 20.2. The Morgan fingerprint density at radius 1 is 1.00 bits per heavy atom. The van der Waals surface area contributed by atoms with Gasteiger partial charge in [-0.05, 0) is 55.5 Å². The standard InChI is InChI=1S/C23H17F2N3O3/c1-14(30-20-9-5-3-7-18(20)25)22(29)26-19-8-4-2-6-17(19)23-27-21(28-31-23)15-10-12-16(24)13-11-15/h2-14H,1H3,(H,26,29)/t14-/m1/s1. The van der Waals surface area contributed by atoms with Crippen LogP contribution in [0.2, 0.25) is 0 Å². The fraction of sp³-hybridized carbons (Fsp3) is 0.0870. The molecule has 4 aromatic rings. The van der Waals surface area contributed by atoms with Crippen LogP contribution in [0.4, 0.5) is 14.5 Å². The zero-order chi connectivity index (χ0) is 21.8. The summed E-state index contributed by atoms with van der Waals surface area (Å²) in [6.45, 7) is 1.52. The number of ether oxygens (including phenoxy) is 1. The largest absolute Gasteiger partial charge is 0.478 e. The third kappa shape index (κ3) is 4.58. The molecule has 0 unspecified atom stereocenters. The van der Waals surface area contributed by atoms with Crippen molar-refractivity contribution >= 4 is 11.6 Å². The molecule has 0 bridgehead atoms. The summed E-state index contributed by atoms with van der Waals surface area (Å²) in [7, 11) is 0. The quantitative estimate of drug-likeness (QED) is 0.469. The van der Waals surface area contributed by atoms with E-state index in [9.17, 15) is 13.6 Å². The van der Waals surface area contributed by atoms with Gasteiger partial charge in [0.25, 0.3) is 11.8 Å². The third-order valence-electron chi connectivity index (χ3n) is 4.45. The van der Waals surface area contributed by atoms with E-state index in [1.807, 2.05) is 0 Å². The molecule has 1 N–H and O–H groups in total. The highest BCUT2D eigenvalue weighted by Crippen LogP contribution is 2.29. The number of para-hydroxylation sites is 2. The molecule has 156 valence electrons. The van der Waals surface area contributed by atoms with E-state index < -0.39 is 17.8 Å². The van der Waals surface area contributed by atoms with Gasteiger partial charge in [0, 0.05) is 5.56 Å². The second-order valence-electron chi connectivity index (χ2n) is 6.66. The monoisotopic (exact) mass is 421 g/mol. The van der Waals surface area contributed by atoms with Gasteiger partial charge in [0.1, 0.15) is 5.82 Å². The third-order valence-corrected chi connectivity index (χ3v) is 4.45. The maximum Gasteiger partial charge on any atom is 0.265 e. The minimum atomic E-state index is -0.956. The number of carbonyl (C=O) groups excluding carboxylic acids is 1. The van der Waals surface area contributed by atoms with E-state index in [1.165, 1.54) is 37.3 Å². The molecule has 1 amide bonds. The van der Waals surface area contributed by atoms with Crippen LogP contribution in [0.15, 0.2) is 77.3 Å². The second-order valence-corrected chi connectivity index (χ2v) is 6.66. The van der Waals surface area contributed by atoms with Crippen LogP contribution in [-0.4, -0.2) is 22.2 Å². The molecule has 31 heavy (non-hydrogen) atoms. The number of halogens is 2. The first-order chi connectivity index (χ1) is 15.0. The summed E-state index contributed by atoms with van der Waals surface area (Å²) in [6, 6.07) is 18.4. The molecule has 1 aromatic heterocycles. The van der Waals surface area contributed by atoms with Crippen molar-refractivity contribution in [2.45, 2.75) is 13.0 Å². The van der Waals surface area contributed by atoms with Gasteiger partial charge < -0.3 is 14.6 Å². The summed E-state index contributed by atoms with van der Waals surface area (Å²) < 4.78 is 37.7. The SMILES string of the molecule is C[C@@H](Oc1ccccc1F)C(=O)Nc1ccccc1-c1nc(-c2ccc(F)cc2)no1.